The monoisotopic (exact) mass is 466 g/mol. The molecule has 0 bridgehead atoms. The molecule has 35 heavy (non-hydrogen) atoms. The molecule has 1 aliphatic heterocycles. The van der Waals surface area contributed by atoms with Gasteiger partial charge in [-0.3, -0.25) is 4.79 Å². The van der Waals surface area contributed by atoms with Crippen LogP contribution in [-0.2, 0) is 0 Å². The second kappa shape index (κ2) is 8.73. The van der Waals surface area contributed by atoms with Gasteiger partial charge in [0.1, 0.15) is 17.2 Å². The van der Waals surface area contributed by atoms with Gasteiger partial charge in [-0.05, 0) is 37.4 Å². The van der Waals surface area contributed by atoms with Crippen molar-refractivity contribution < 1.29 is 9.21 Å². The number of amides is 1. The van der Waals surface area contributed by atoms with E-state index in [1.165, 1.54) is 6.39 Å². The largest absolute Gasteiger partial charge is 0.425 e. The zero-order valence-corrected chi connectivity index (χ0v) is 19.0. The average Bonchev–Trinajstić information content (AvgIpc) is 3.37. The van der Waals surface area contributed by atoms with Crippen LogP contribution in [0.1, 0.15) is 10.4 Å². The number of rotatable bonds is 4. The van der Waals surface area contributed by atoms with Gasteiger partial charge >= 0.3 is 0 Å². The molecular formula is C25H22N8O2. The molecule has 5 aromatic rings. The van der Waals surface area contributed by atoms with Crippen LogP contribution < -0.4 is 10.2 Å². The molecule has 0 unspecified atom stereocenters. The van der Waals surface area contributed by atoms with Crippen LogP contribution in [0.15, 0.2) is 65.8 Å². The standard InChI is InChI=1S/C25H22N8O2/c1-32-6-8-33(9-7-32)23-11-16(4-5-26-23)24(34)31-22-12-20-17(13-27-22)2-3-19(30-20)18-10-21-25(28-14-18)35-15-29-21/h2-5,10-15H,6-9H2,1H3,(H,27,31,34). The van der Waals surface area contributed by atoms with Crippen molar-refractivity contribution in [1.82, 2.24) is 29.8 Å². The molecule has 6 rings (SSSR count). The van der Waals surface area contributed by atoms with Gasteiger partial charge in [0, 0.05) is 67.3 Å². The van der Waals surface area contributed by atoms with Crippen molar-refractivity contribution in [3.63, 3.8) is 0 Å². The molecule has 0 aliphatic carbocycles. The molecule has 0 aromatic carbocycles. The molecule has 0 saturated carbocycles. The van der Waals surface area contributed by atoms with Crippen molar-refractivity contribution in [2.24, 2.45) is 0 Å². The summed E-state index contributed by atoms with van der Waals surface area (Å²) < 4.78 is 5.21. The third-order valence-electron chi connectivity index (χ3n) is 6.13. The smallest absolute Gasteiger partial charge is 0.257 e. The van der Waals surface area contributed by atoms with Crippen LogP contribution in [0, 0.1) is 0 Å². The number of pyridine rings is 4. The molecule has 1 amide bonds. The lowest BCUT2D eigenvalue weighted by molar-refractivity contribution is 0.102. The van der Waals surface area contributed by atoms with Gasteiger partial charge in [-0.25, -0.2) is 24.9 Å². The molecule has 0 radical (unpaired) electrons. The first-order valence-corrected chi connectivity index (χ1v) is 11.3. The third kappa shape index (κ3) is 4.26. The first kappa shape index (κ1) is 21.1. The van der Waals surface area contributed by atoms with Crippen molar-refractivity contribution in [3.05, 3.63) is 66.9 Å². The summed E-state index contributed by atoms with van der Waals surface area (Å²) in [6.07, 6.45) is 6.44. The number of piperazine rings is 1. The molecule has 0 spiro atoms. The molecule has 1 N–H and O–H groups in total. The van der Waals surface area contributed by atoms with Gasteiger partial charge in [-0.15, -0.1) is 0 Å². The second-order valence-corrected chi connectivity index (χ2v) is 8.51. The van der Waals surface area contributed by atoms with Crippen LogP contribution in [-0.4, -0.2) is 69.0 Å². The van der Waals surface area contributed by atoms with Crippen LogP contribution in [0.5, 0.6) is 0 Å². The van der Waals surface area contributed by atoms with E-state index in [1.54, 1.807) is 30.7 Å². The Kier molecular flexibility index (Phi) is 5.27. The maximum absolute atomic E-state index is 13.0. The van der Waals surface area contributed by atoms with Crippen molar-refractivity contribution in [2.75, 3.05) is 43.4 Å². The van der Waals surface area contributed by atoms with Crippen LogP contribution in [0.25, 0.3) is 33.4 Å². The highest BCUT2D eigenvalue weighted by atomic mass is 16.3. The second-order valence-electron chi connectivity index (χ2n) is 8.51. The number of likely N-dealkylation sites (N-methyl/N-ethyl adjacent to an activating group) is 1. The Morgan fingerprint density at radius 1 is 0.943 bits per heavy atom. The SMILES string of the molecule is CN1CCN(c2cc(C(=O)Nc3cc4nc(-c5cnc6ocnc6c5)ccc4cn3)ccn2)CC1. The van der Waals surface area contributed by atoms with Gasteiger partial charge in [0.25, 0.3) is 5.91 Å². The number of oxazole rings is 1. The molecule has 6 heterocycles. The first-order chi connectivity index (χ1) is 17.1. The van der Waals surface area contributed by atoms with E-state index in [0.717, 1.165) is 48.6 Å². The summed E-state index contributed by atoms with van der Waals surface area (Å²) in [7, 11) is 2.11. The third-order valence-corrected chi connectivity index (χ3v) is 6.13. The summed E-state index contributed by atoms with van der Waals surface area (Å²) in [6.45, 7) is 3.70. The van der Waals surface area contributed by atoms with Crippen molar-refractivity contribution in [2.45, 2.75) is 0 Å². The Morgan fingerprint density at radius 3 is 2.71 bits per heavy atom. The number of fused-ring (bicyclic) bond motifs is 2. The lowest BCUT2D eigenvalue weighted by Crippen LogP contribution is -2.44. The van der Waals surface area contributed by atoms with Crippen molar-refractivity contribution in [1.29, 1.82) is 0 Å². The van der Waals surface area contributed by atoms with Crippen LogP contribution >= 0.6 is 0 Å². The number of hydrogen-bond donors (Lipinski definition) is 1. The van der Waals surface area contributed by atoms with E-state index in [1.807, 2.05) is 24.3 Å². The molecule has 174 valence electrons. The zero-order valence-electron chi connectivity index (χ0n) is 19.0. The zero-order chi connectivity index (χ0) is 23.8. The van der Waals surface area contributed by atoms with E-state index in [2.05, 4.69) is 42.1 Å². The summed E-state index contributed by atoms with van der Waals surface area (Å²) in [4.78, 5) is 39.5. The number of aromatic nitrogens is 5. The molecule has 1 saturated heterocycles. The Bertz CT molecular complexity index is 1540. The lowest BCUT2D eigenvalue weighted by atomic mass is 10.1. The Labute approximate surface area is 200 Å². The normalized spacial score (nSPS) is 14.5. The molecule has 5 aromatic heterocycles. The Morgan fingerprint density at radius 2 is 1.83 bits per heavy atom. The van der Waals surface area contributed by atoms with Crippen molar-refractivity contribution >= 4 is 39.7 Å². The first-order valence-electron chi connectivity index (χ1n) is 11.3. The predicted molar refractivity (Wildman–Crippen MR) is 132 cm³/mol. The topological polar surface area (TPSA) is 113 Å². The maximum Gasteiger partial charge on any atom is 0.257 e. The summed E-state index contributed by atoms with van der Waals surface area (Å²) >= 11 is 0. The Hall–Kier alpha value is -4.44. The minimum absolute atomic E-state index is 0.244. The van der Waals surface area contributed by atoms with Gasteiger partial charge in [-0.2, -0.15) is 0 Å². The molecular weight excluding hydrogens is 444 g/mol. The number of carbonyl (C=O) groups excluding carboxylic acids is 1. The van der Waals surface area contributed by atoms with Crippen LogP contribution in [0.2, 0.25) is 0 Å². The maximum atomic E-state index is 13.0. The van der Waals surface area contributed by atoms with Gasteiger partial charge in [0.2, 0.25) is 5.71 Å². The van der Waals surface area contributed by atoms with E-state index in [-0.39, 0.29) is 5.91 Å². The molecule has 1 aliphatic rings. The van der Waals surface area contributed by atoms with E-state index in [4.69, 9.17) is 9.40 Å². The number of nitrogens with one attached hydrogen (secondary N) is 1. The highest BCUT2D eigenvalue weighted by Crippen LogP contribution is 2.24. The molecule has 1 fully saturated rings. The fourth-order valence-corrected chi connectivity index (χ4v) is 4.10. The molecule has 10 heteroatoms. The Balaban J connectivity index is 1.24. The van der Waals surface area contributed by atoms with E-state index >= 15 is 0 Å². The fourth-order valence-electron chi connectivity index (χ4n) is 4.10. The summed E-state index contributed by atoms with van der Waals surface area (Å²) in [6, 6.07) is 11.0. The van der Waals surface area contributed by atoms with E-state index < -0.39 is 0 Å². The van der Waals surface area contributed by atoms with Gasteiger partial charge in [0.05, 0.1) is 11.2 Å². The number of hydrogen-bond acceptors (Lipinski definition) is 9. The molecule has 10 nitrogen and oxygen atoms in total. The van der Waals surface area contributed by atoms with E-state index in [0.29, 0.717) is 28.1 Å². The lowest BCUT2D eigenvalue weighted by Gasteiger charge is -2.33. The number of carbonyl (C=O) groups is 1. The molecule has 0 atom stereocenters. The minimum atomic E-state index is -0.244. The summed E-state index contributed by atoms with van der Waals surface area (Å²) in [5.41, 5.74) is 3.95. The van der Waals surface area contributed by atoms with Gasteiger partial charge in [-0.1, -0.05) is 0 Å². The number of nitrogens with zero attached hydrogens (tertiary/aromatic N) is 7. The van der Waals surface area contributed by atoms with Crippen molar-refractivity contribution in [3.8, 4) is 11.3 Å². The highest BCUT2D eigenvalue weighted by Gasteiger charge is 2.17. The van der Waals surface area contributed by atoms with Gasteiger partial charge < -0.3 is 19.5 Å². The van der Waals surface area contributed by atoms with Crippen LogP contribution in [0.4, 0.5) is 11.6 Å². The highest BCUT2D eigenvalue weighted by molar-refractivity contribution is 6.04. The summed E-state index contributed by atoms with van der Waals surface area (Å²) in [5, 5.41) is 3.75. The average molecular weight is 467 g/mol. The van der Waals surface area contributed by atoms with E-state index in [9.17, 15) is 4.79 Å². The van der Waals surface area contributed by atoms with Crippen LogP contribution in [0.3, 0.4) is 0 Å². The quantitative estimate of drug-likeness (QED) is 0.426. The predicted octanol–water partition coefficient (Wildman–Crippen LogP) is 3.23. The number of anilines is 2. The fraction of sp³-hybridized carbons (Fsp3) is 0.200. The summed E-state index contributed by atoms with van der Waals surface area (Å²) in [5.74, 6) is 0.989. The minimum Gasteiger partial charge on any atom is -0.425 e. The van der Waals surface area contributed by atoms with Gasteiger partial charge in [0.15, 0.2) is 6.39 Å².